The predicted molar refractivity (Wildman–Crippen MR) is 69.0 cm³/mol. The van der Waals surface area contributed by atoms with Crippen LogP contribution < -0.4 is 5.69 Å². The Labute approximate surface area is 105 Å². The highest BCUT2D eigenvalue weighted by molar-refractivity contribution is 5.38. The van der Waals surface area contributed by atoms with E-state index in [1.54, 1.807) is 10.8 Å². The fraction of sp³-hybridized carbons (Fsp3) is 0.357. The molecule has 94 valence electrons. The number of aromatic nitrogens is 2. The Morgan fingerprint density at radius 3 is 2.83 bits per heavy atom. The third-order valence-electron chi connectivity index (χ3n) is 3.49. The molecule has 0 unspecified atom stereocenters. The number of rotatable bonds is 3. The first-order valence-corrected chi connectivity index (χ1v) is 6.16. The molecule has 2 aromatic rings. The van der Waals surface area contributed by atoms with E-state index in [9.17, 15) is 9.90 Å². The van der Waals surface area contributed by atoms with E-state index < -0.39 is 5.60 Å². The smallest absolute Gasteiger partial charge is 0.330 e. The van der Waals surface area contributed by atoms with Crippen molar-refractivity contribution in [3.8, 4) is 5.69 Å². The standard InChI is InChI=1S/C14H16N2O2/c1-10-9-15-13(17)16(10)12-4-2-3-11(7-12)8-14(18)5-6-14/h2-4,7,9,18H,5-6,8H2,1H3,(H,15,17). The van der Waals surface area contributed by atoms with Crippen LogP contribution in [-0.4, -0.2) is 20.3 Å². The van der Waals surface area contributed by atoms with Crippen molar-refractivity contribution in [1.29, 1.82) is 0 Å². The Morgan fingerprint density at radius 1 is 1.44 bits per heavy atom. The Morgan fingerprint density at radius 2 is 2.22 bits per heavy atom. The fourth-order valence-electron chi connectivity index (χ4n) is 2.28. The quantitative estimate of drug-likeness (QED) is 0.860. The zero-order chi connectivity index (χ0) is 12.8. The van der Waals surface area contributed by atoms with Crippen LogP contribution in [0.1, 0.15) is 24.1 Å². The van der Waals surface area contributed by atoms with Gasteiger partial charge in [0.2, 0.25) is 0 Å². The molecule has 0 radical (unpaired) electrons. The number of aryl methyl sites for hydroxylation is 1. The Balaban J connectivity index is 1.98. The average molecular weight is 244 g/mol. The van der Waals surface area contributed by atoms with Gasteiger partial charge in [0, 0.05) is 18.3 Å². The predicted octanol–water partition coefficient (Wildman–Crippen LogP) is 1.54. The van der Waals surface area contributed by atoms with Crippen molar-refractivity contribution in [1.82, 2.24) is 9.55 Å². The molecule has 18 heavy (non-hydrogen) atoms. The number of benzene rings is 1. The van der Waals surface area contributed by atoms with Gasteiger partial charge in [-0.2, -0.15) is 0 Å². The summed E-state index contributed by atoms with van der Waals surface area (Å²) >= 11 is 0. The molecule has 1 fully saturated rings. The summed E-state index contributed by atoms with van der Waals surface area (Å²) in [5, 5.41) is 9.94. The summed E-state index contributed by atoms with van der Waals surface area (Å²) in [7, 11) is 0. The van der Waals surface area contributed by atoms with Crippen LogP contribution >= 0.6 is 0 Å². The molecule has 1 aliphatic carbocycles. The van der Waals surface area contributed by atoms with E-state index in [4.69, 9.17) is 0 Å². The molecule has 4 nitrogen and oxygen atoms in total. The normalized spacial score (nSPS) is 16.8. The van der Waals surface area contributed by atoms with Gasteiger partial charge in [0.15, 0.2) is 0 Å². The van der Waals surface area contributed by atoms with E-state index in [0.717, 1.165) is 29.8 Å². The van der Waals surface area contributed by atoms with Gasteiger partial charge in [-0.15, -0.1) is 0 Å². The maximum Gasteiger partial charge on any atom is 0.330 e. The van der Waals surface area contributed by atoms with Crippen molar-refractivity contribution in [2.24, 2.45) is 0 Å². The van der Waals surface area contributed by atoms with Crippen LogP contribution in [0.3, 0.4) is 0 Å². The minimum absolute atomic E-state index is 0.130. The van der Waals surface area contributed by atoms with Crippen LogP contribution in [-0.2, 0) is 6.42 Å². The number of aromatic amines is 1. The molecule has 0 spiro atoms. The van der Waals surface area contributed by atoms with Crippen molar-refractivity contribution in [3.63, 3.8) is 0 Å². The minimum atomic E-state index is -0.503. The fourth-order valence-corrected chi connectivity index (χ4v) is 2.28. The summed E-state index contributed by atoms with van der Waals surface area (Å²) in [6, 6.07) is 7.79. The first-order valence-electron chi connectivity index (χ1n) is 6.16. The molecular weight excluding hydrogens is 228 g/mol. The zero-order valence-corrected chi connectivity index (χ0v) is 10.3. The molecule has 3 rings (SSSR count). The molecule has 1 aromatic carbocycles. The molecule has 4 heteroatoms. The molecule has 1 heterocycles. The molecule has 0 bridgehead atoms. The van der Waals surface area contributed by atoms with Gasteiger partial charge in [-0.25, -0.2) is 4.79 Å². The van der Waals surface area contributed by atoms with Gasteiger partial charge in [0.1, 0.15) is 0 Å². The van der Waals surface area contributed by atoms with Gasteiger partial charge in [0.05, 0.1) is 11.3 Å². The van der Waals surface area contributed by atoms with E-state index in [1.807, 2.05) is 31.2 Å². The van der Waals surface area contributed by atoms with Gasteiger partial charge < -0.3 is 10.1 Å². The van der Waals surface area contributed by atoms with Crippen LogP contribution in [0, 0.1) is 6.92 Å². The van der Waals surface area contributed by atoms with Crippen LogP contribution in [0.5, 0.6) is 0 Å². The zero-order valence-electron chi connectivity index (χ0n) is 10.3. The number of nitrogens with one attached hydrogen (secondary N) is 1. The lowest BCUT2D eigenvalue weighted by molar-refractivity contribution is 0.151. The van der Waals surface area contributed by atoms with Gasteiger partial charge in [-0.1, -0.05) is 12.1 Å². The Hall–Kier alpha value is -1.81. The van der Waals surface area contributed by atoms with Crippen LogP contribution in [0.25, 0.3) is 5.69 Å². The largest absolute Gasteiger partial charge is 0.390 e. The number of H-pyrrole nitrogens is 1. The lowest BCUT2D eigenvalue weighted by Gasteiger charge is -2.10. The second-order valence-electron chi connectivity index (χ2n) is 5.14. The highest BCUT2D eigenvalue weighted by atomic mass is 16.3. The number of nitrogens with zero attached hydrogens (tertiary/aromatic N) is 1. The maximum absolute atomic E-state index is 11.7. The van der Waals surface area contributed by atoms with Crippen LogP contribution in [0.4, 0.5) is 0 Å². The third kappa shape index (κ3) is 1.99. The second kappa shape index (κ2) is 3.85. The summed E-state index contributed by atoms with van der Waals surface area (Å²) in [6.45, 7) is 1.89. The van der Waals surface area contributed by atoms with Crippen molar-refractivity contribution < 1.29 is 5.11 Å². The highest BCUT2D eigenvalue weighted by Crippen LogP contribution is 2.38. The second-order valence-corrected chi connectivity index (χ2v) is 5.14. The molecule has 1 aromatic heterocycles. The number of imidazole rings is 1. The number of aliphatic hydroxyl groups is 1. The van der Waals surface area contributed by atoms with E-state index in [2.05, 4.69) is 4.98 Å². The first kappa shape index (κ1) is 11.3. The monoisotopic (exact) mass is 244 g/mol. The molecule has 1 saturated carbocycles. The average Bonchev–Trinajstić information content (AvgIpc) is 2.95. The molecule has 2 N–H and O–H groups in total. The highest BCUT2D eigenvalue weighted by Gasteiger charge is 2.40. The summed E-state index contributed by atoms with van der Waals surface area (Å²) < 4.78 is 1.64. The minimum Gasteiger partial charge on any atom is -0.390 e. The SMILES string of the molecule is Cc1c[nH]c(=O)n1-c1cccc(CC2(O)CC2)c1. The van der Waals surface area contributed by atoms with E-state index >= 15 is 0 Å². The molecule has 0 atom stereocenters. The van der Waals surface area contributed by atoms with E-state index in [1.165, 1.54) is 0 Å². The van der Waals surface area contributed by atoms with Crippen molar-refractivity contribution in [2.75, 3.05) is 0 Å². The molecule has 1 aliphatic rings. The number of hydrogen-bond acceptors (Lipinski definition) is 2. The van der Waals surface area contributed by atoms with Crippen molar-refractivity contribution in [2.45, 2.75) is 31.8 Å². The van der Waals surface area contributed by atoms with Gasteiger partial charge in [-0.3, -0.25) is 4.57 Å². The lowest BCUT2D eigenvalue weighted by Crippen LogP contribution is -2.16. The lowest BCUT2D eigenvalue weighted by atomic mass is 10.1. The van der Waals surface area contributed by atoms with Gasteiger partial charge in [-0.05, 0) is 37.5 Å². The first-order chi connectivity index (χ1) is 8.57. The molecule has 0 aliphatic heterocycles. The molecule has 0 saturated heterocycles. The van der Waals surface area contributed by atoms with Gasteiger partial charge in [0.25, 0.3) is 0 Å². The summed E-state index contributed by atoms with van der Waals surface area (Å²) in [4.78, 5) is 14.4. The topological polar surface area (TPSA) is 58.0 Å². The Kier molecular flexibility index (Phi) is 2.41. The maximum atomic E-state index is 11.7. The van der Waals surface area contributed by atoms with Crippen molar-refractivity contribution in [3.05, 3.63) is 52.2 Å². The Bertz CT molecular complexity index is 635. The number of hydrogen-bond donors (Lipinski definition) is 2. The third-order valence-corrected chi connectivity index (χ3v) is 3.49. The summed E-state index contributed by atoms with van der Waals surface area (Å²) in [5.41, 5.74) is 2.16. The van der Waals surface area contributed by atoms with Crippen LogP contribution in [0.2, 0.25) is 0 Å². The molecular formula is C14H16N2O2. The van der Waals surface area contributed by atoms with Gasteiger partial charge >= 0.3 is 5.69 Å². The molecule has 0 amide bonds. The summed E-state index contributed by atoms with van der Waals surface area (Å²) in [5.74, 6) is 0. The van der Waals surface area contributed by atoms with Crippen LogP contribution in [0.15, 0.2) is 35.3 Å². The van der Waals surface area contributed by atoms with E-state index in [0.29, 0.717) is 6.42 Å². The summed E-state index contributed by atoms with van der Waals surface area (Å²) in [6.07, 6.45) is 4.11. The van der Waals surface area contributed by atoms with Crippen molar-refractivity contribution >= 4 is 0 Å². The van der Waals surface area contributed by atoms with E-state index in [-0.39, 0.29) is 5.69 Å².